The molecule has 0 radical (unpaired) electrons. The minimum absolute atomic E-state index is 0.647. The predicted octanol–water partition coefficient (Wildman–Crippen LogP) is 2.83. The summed E-state index contributed by atoms with van der Waals surface area (Å²) in [7, 11) is 0. The molecule has 0 fully saturated rings. The van der Waals surface area contributed by atoms with Crippen molar-refractivity contribution in [3.05, 3.63) is 35.3 Å². The van der Waals surface area contributed by atoms with Gasteiger partial charge in [-0.3, -0.25) is 0 Å². The van der Waals surface area contributed by atoms with E-state index in [4.69, 9.17) is 10.5 Å². The molecule has 0 aliphatic carbocycles. The van der Waals surface area contributed by atoms with Gasteiger partial charge in [-0.2, -0.15) is 0 Å². The molecule has 4 heteroatoms. The third kappa shape index (κ3) is 1.85. The minimum atomic E-state index is 0.647. The first-order chi connectivity index (χ1) is 6.75. The Morgan fingerprint density at radius 1 is 1.43 bits per heavy atom. The number of benzene rings is 1. The maximum Gasteiger partial charge on any atom is 0.278 e. The Bertz CT molecular complexity index is 426. The van der Waals surface area contributed by atoms with Crippen LogP contribution < -0.4 is 10.5 Å². The second-order valence-electron chi connectivity index (χ2n) is 2.92. The zero-order valence-electron chi connectivity index (χ0n) is 7.73. The van der Waals surface area contributed by atoms with Crippen LogP contribution in [0.5, 0.6) is 10.9 Å². The van der Waals surface area contributed by atoms with Gasteiger partial charge in [0.15, 0.2) is 0 Å². The normalized spacial score (nSPS) is 10.1. The Labute approximate surface area is 86.2 Å². The van der Waals surface area contributed by atoms with E-state index in [9.17, 15) is 0 Å². The zero-order chi connectivity index (χ0) is 9.97. The van der Waals surface area contributed by atoms with Crippen molar-refractivity contribution in [2.24, 2.45) is 0 Å². The Kier molecular flexibility index (Phi) is 2.37. The molecule has 0 saturated carbocycles. The molecule has 3 nitrogen and oxygen atoms in total. The molecule has 2 N–H and O–H groups in total. The van der Waals surface area contributed by atoms with Crippen LogP contribution >= 0.6 is 11.3 Å². The molecular formula is C10H10N2OS. The van der Waals surface area contributed by atoms with Crippen LogP contribution in [0.1, 0.15) is 5.56 Å². The Morgan fingerprint density at radius 3 is 2.93 bits per heavy atom. The van der Waals surface area contributed by atoms with Gasteiger partial charge in [-0.05, 0) is 30.7 Å². The van der Waals surface area contributed by atoms with E-state index in [2.05, 4.69) is 4.98 Å². The van der Waals surface area contributed by atoms with E-state index in [1.54, 1.807) is 6.20 Å². The lowest BCUT2D eigenvalue weighted by atomic mass is 10.2. The molecule has 14 heavy (non-hydrogen) atoms. The molecule has 0 bridgehead atoms. The quantitative estimate of drug-likeness (QED) is 0.768. The molecule has 1 aromatic heterocycles. The number of thiazole rings is 1. The van der Waals surface area contributed by atoms with Crippen molar-refractivity contribution < 1.29 is 4.74 Å². The average molecular weight is 206 g/mol. The van der Waals surface area contributed by atoms with Crippen LogP contribution in [-0.2, 0) is 0 Å². The summed E-state index contributed by atoms with van der Waals surface area (Å²) in [6.07, 6.45) is 1.71. The molecule has 1 aromatic carbocycles. The highest BCUT2D eigenvalue weighted by Gasteiger charge is 2.00. The number of hydrogen-bond acceptors (Lipinski definition) is 4. The first kappa shape index (κ1) is 9.02. The number of rotatable bonds is 2. The standard InChI is InChI=1S/C10H10N2OS/c1-7-6-8(2-3-9(7)11)13-10-12-4-5-14-10/h2-6H,11H2,1H3. The van der Waals surface area contributed by atoms with Gasteiger partial charge in [0.2, 0.25) is 0 Å². The van der Waals surface area contributed by atoms with Crippen LogP contribution in [0, 0.1) is 6.92 Å². The van der Waals surface area contributed by atoms with Gasteiger partial charge in [0.05, 0.1) is 0 Å². The van der Waals surface area contributed by atoms with Crippen molar-refractivity contribution in [3.8, 4) is 10.9 Å². The molecule has 0 spiro atoms. The van der Waals surface area contributed by atoms with E-state index in [1.807, 2.05) is 30.5 Å². The van der Waals surface area contributed by atoms with Crippen molar-refractivity contribution >= 4 is 17.0 Å². The largest absolute Gasteiger partial charge is 0.431 e. The summed E-state index contributed by atoms with van der Waals surface area (Å²) in [5.41, 5.74) is 7.48. The highest BCUT2D eigenvalue weighted by atomic mass is 32.1. The first-order valence-corrected chi connectivity index (χ1v) is 5.07. The van der Waals surface area contributed by atoms with Crippen molar-refractivity contribution in [2.45, 2.75) is 6.92 Å². The Morgan fingerprint density at radius 2 is 2.29 bits per heavy atom. The summed E-state index contributed by atoms with van der Waals surface area (Å²) in [6, 6.07) is 5.57. The topological polar surface area (TPSA) is 48.1 Å². The second-order valence-corrected chi connectivity index (χ2v) is 3.78. The summed E-state index contributed by atoms with van der Waals surface area (Å²) in [5, 5.41) is 2.52. The van der Waals surface area contributed by atoms with Crippen LogP contribution in [0.2, 0.25) is 0 Å². The van der Waals surface area contributed by atoms with Crippen molar-refractivity contribution in [2.75, 3.05) is 5.73 Å². The number of aromatic nitrogens is 1. The lowest BCUT2D eigenvalue weighted by molar-refractivity contribution is 0.478. The predicted molar refractivity (Wildman–Crippen MR) is 57.8 cm³/mol. The average Bonchev–Trinajstić information content (AvgIpc) is 2.64. The molecule has 72 valence electrons. The molecule has 0 aliphatic heterocycles. The summed E-state index contributed by atoms with van der Waals surface area (Å²) in [6.45, 7) is 1.95. The number of anilines is 1. The fraction of sp³-hybridized carbons (Fsp3) is 0.100. The fourth-order valence-corrected chi connectivity index (χ4v) is 1.58. The van der Waals surface area contributed by atoms with Gasteiger partial charge in [-0.15, -0.1) is 0 Å². The van der Waals surface area contributed by atoms with Gasteiger partial charge in [0, 0.05) is 17.3 Å². The monoisotopic (exact) mass is 206 g/mol. The SMILES string of the molecule is Cc1cc(Oc2nccs2)ccc1N. The Balaban J connectivity index is 2.22. The third-order valence-corrected chi connectivity index (χ3v) is 2.50. The van der Waals surface area contributed by atoms with Crippen molar-refractivity contribution in [1.29, 1.82) is 0 Å². The lowest BCUT2D eigenvalue weighted by Gasteiger charge is -2.04. The van der Waals surface area contributed by atoms with E-state index < -0.39 is 0 Å². The van der Waals surface area contributed by atoms with Gasteiger partial charge < -0.3 is 10.5 Å². The zero-order valence-corrected chi connectivity index (χ0v) is 8.54. The summed E-state index contributed by atoms with van der Waals surface area (Å²) in [5.74, 6) is 0.770. The highest BCUT2D eigenvalue weighted by molar-refractivity contribution is 7.11. The van der Waals surface area contributed by atoms with E-state index in [0.717, 1.165) is 17.0 Å². The Hall–Kier alpha value is -1.55. The molecular weight excluding hydrogens is 196 g/mol. The van der Waals surface area contributed by atoms with Gasteiger partial charge in [0.1, 0.15) is 5.75 Å². The number of ether oxygens (including phenoxy) is 1. The maximum absolute atomic E-state index is 5.69. The van der Waals surface area contributed by atoms with Gasteiger partial charge in [0.25, 0.3) is 5.19 Å². The highest BCUT2D eigenvalue weighted by Crippen LogP contribution is 2.25. The van der Waals surface area contributed by atoms with E-state index in [1.165, 1.54) is 11.3 Å². The van der Waals surface area contributed by atoms with Crippen molar-refractivity contribution in [3.63, 3.8) is 0 Å². The van der Waals surface area contributed by atoms with E-state index >= 15 is 0 Å². The van der Waals surface area contributed by atoms with Crippen LogP contribution in [0.15, 0.2) is 29.8 Å². The van der Waals surface area contributed by atoms with Crippen molar-refractivity contribution in [1.82, 2.24) is 4.98 Å². The molecule has 0 unspecified atom stereocenters. The van der Waals surface area contributed by atoms with Gasteiger partial charge in [-0.25, -0.2) is 4.98 Å². The minimum Gasteiger partial charge on any atom is -0.431 e. The van der Waals surface area contributed by atoms with E-state index in [-0.39, 0.29) is 0 Å². The number of hydrogen-bond donors (Lipinski definition) is 1. The molecule has 0 amide bonds. The molecule has 2 rings (SSSR count). The molecule has 0 aliphatic rings. The molecule has 2 aromatic rings. The van der Waals surface area contributed by atoms with Gasteiger partial charge >= 0.3 is 0 Å². The van der Waals surface area contributed by atoms with Crippen LogP contribution in [-0.4, -0.2) is 4.98 Å². The smallest absolute Gasteiger partial charge is 0.278 e. The summed E-state index contributed by atoms with van der Waals surface area (Å²) >= 11 is 1.46. The van der Waals surface area contributed by atoms with Gasteiger partial charge in [-0.1, -0.05) is 11.3 Å². The van der Waals surface area contributed by atoms with Crippen LogP contribution in [0.4, 0.5) is 5.69 Å². The molecule has 0 saturated heterocycles. The van der Waals surface area contributed by atoms with Crippen LogP contribution in [0.3, 0.4) is 0 Å². The summed E-state index contributed by atoms with van der Waals surface area (Å²) in [4.78, 5) is 4.03. The summed E-state index contributed by atoms with van der Waals surface area (Å²) < 4.78 is 5.51. The number of nitrogens with two attached hydrogens (primary N) is 1. The maximum atomic E-state index is 5.69. The number of aryl methyl sites for hydroxylation is 1. The number of nitrogens with zero attached hydrogens (tertiary/aromatic N) is 1. The van der Waals surface area contributed by atoms with E-state index in [0.29, 0.717) is 5.19 Å². The fourth-order valence-electron chi connectivity index (χ4n) is 1.07. The second kappa shape index (κ2) is 3.67. The first-order valence-electron chi connectivity index (χ1n) is 4.19. The number of nitrogen functional groups attached to an aromatic ring is 1. The molecule has 1 heterocycles. The lowest BCUT2D eigenvalue weighted by Crippen LogP contribution is -1.90. The molecule has 0 atom stereocenters. The third-order valence-electron chi connectivity index (χ3n) is 1.86. The van der Waals surface area contributed by atoms with Crippen LogP contribution in [0.25, 0.3) is 0 Å².